The van der Waals surface area contributed by atoms with Crippen molar-refractivity contribution in [2.75, 3.05) is 19.7 Å². The fourth-order valence-corrected chi connectivity index (χ4v) is 4.16. The van der Waals surface area contributed by atoms with Crippen molar-refractivity contribution >= 4 is 5.91 Å². The highest BCUT2D eigenvalue weighted by molar-refractivity contribution is 5.76. The first-order chi connectivity index (χ1) is 13.3. The van der Waals surface area contributed by atoms with Crippen LogP contribution in [0, 0.1) is 5.92 Å². The molecule has 0 spiro atoms. The second-order valence-electron chi connectivity index (χ2n) is 8.48. The molecule has 1 amide bonds. The van der Waals surface area contributed by atoms with E-state index in [1.54, 1.807) is 0 Å². The van der Waals surface area contributed by atoms with E-state index < -0.39 is 0 Å². The van der Waals surface area contributed by atoms with E-state index in [2.05, 4.69) is 16.7 Å². The van der Waals surface area contributed by atoms with Gasteiger partial charge in [-0.25, -0.2) is 5.90 Å². The summed E-state index contributed by atoms with van der Waals surface area (Å²) >= 11 is 0. The summed E-state index contributed by atoms with van der Waals surface area (Å²) in [6, 6.07) is 0. The summed E-state index contributed by atoms with van der Waals surface area (Å²) in [6.45, 7) is 4.76. The summed E-state index contributed by atoms with van der Waals surface area (Å²) in [5.41, 5.74) is 0. The average molecular weight is 383 g/mol. The third kappa shape index (κ3) is 13.2. The number of carbonyl (C=O) groups is 1. The van der Waals surface area contributed by atoms with Gasteiger partial charge < -0.3 is 9.74 Å². The van der Waals surface area contributed by atoms with Gasteiger partial charge in [0.1, 0.15) is 0 Å². The Morgan fingerprint density at radius 1 is 0.852 bits per heavy atom. The first-order valence-electron chi connectivity index (χ1n) is 11.9. The van der Waals surface area contributed by atoms with Crippen LogP contribution in [0.25, 0.3) is 0 Å². The first-order valence-corrected chi connectivity index (χ1v) is 11.9. The fourth-order valence-electron chi connectivity index (χ4n) is 4.16. The molecule has 1 fully saturated rings. The number of hydrogen-bond donors (Lipinski definition) is 1. The largest absolute Gasteiger partial charge is 0.343 e. The average Bonchev–Trinajstić information content (AvgIpc) is 2.70. The van der Waals surface area contributed by atoms with Crippen LogP contribution < -0.4 is 5.90 Å². The van der Waals surface area contributed by atoms with Gasteiger partial charge in [0.2, 0.25) is 5.91 Å². The van der Waals surface area contributed by atoms with Crippen LogP contribution in [0.3, 0.4) is 0 Å². The van der Waals surface area contributed by atoms with Crippen LogP contribution in [0.5, 0.6) is 0 Å². The summed E-state index contributed by atoms with van der Waals surface area (Å²) in [4.78, 5) is 19.0. The van der Waals surface area contributed by atoms with Gasteiger partial charge in [0.15, 0.2) is 0 Å². The van der Waals surface area contributed by atoms with E-state index in [-0.39, 0.29) is 0 Å². The van der Waals surface area contributed by atoms with E-state index in [1.165, 1.54) is 77.0 Å². The van der Waals surface area contributed by atoms with Gasteiger partial charge in [-0.05, 0) is 31.6 Å². The minimum absolute atomic E-state index is 0.367. The molecular formula is C23H46N2O2. The Bertz CT molecular complexity index is 341. The maximum atomic E-state index is 12.3. The van der Waals surface area contributed by atoms with Gasteiger partial charge in [-0.1, -0.05) is 84.0 Å². The summed E-state index contributed by atoms with van der Waals surface area (Å²) in [5, 5.41) is 0. The van der Waals surface area contributed by atoms with Crippen molar-refractivity contribution in [3.05, 3.63) is 0 Å². The van der Waals surface area contributed by atoms with Crippen LogP contribution in [0.4, 0.5) is 0 Å². The lowest BCUT2D eigenvalue weighted by Gasteiger charge is -2.32. The summed E-state index contributed by atoms with van der Waals surface area (Å²) in [5.74, 6) is 6.14. The number of rotatable bonds is 17. The van der Waals surface area contributed by atoms with Crippen molar-refractivity contribution in [1.82, 2.24) is 4.90 Å². The number of piperidine rings is 1. The van der Waals surface area contributed by atoms with Crippen molar-refractivity contribution in [3.8, 4) is 0 Å². The van der Waals surface area contributed by atoms with Crippen LogP contribution in [0.15, 0.2) is 0 Å². The highest BCUT2D eigenvalue weighted by atomic mass is 16.6. The third-order valence-corrected chi connectivity index (χ3v) is 6.11. The van der Waals surface area contributed by atoms with Crippen molar-refractivity contribution < 1.29 is 9.63 Å². The normalized spacial score (nSPS) is 15.4. The maximum Gasteiger partial charge on any atom is 0.222 e. The SMILES string of the molecule is CCCCCCCCCCCCCCCC(=O)N1CCC(CCON)CC1. The molecule has 1 aliphatic heterocycles. The zero-order valence-corrected chi connectivity index (χ0v) is 18.1. The van der Waals surface area contributed by atoms with E-state index >= 15 is 0 Å². The maximum absolute atomic E-state index is 12.3. The molecule has 1 heterocycles. The number of likely N-dealkylation sites (tertiary alicyclic amines) is 1. The molecule has 0 radical (unpaired) electrons. The minimum Gasteiger partial charge on any atom is -0.343 e. The molecule has 0 atom stereocenters. The van der Waals surface area contributed by atoms with Crippen molar-refractivity contribution in [2.24, 2.45) is 11.8 Å². The molecule has 0 aliphatic carbocycles. The molecule has 4 nitrogen and oxygen atoms in total. The molecule has 0 bridgehead atoms. The molecule has 0 saturated carbocycles. The zero-order valence-electron chi connectivity index (χ0n) is 18.1. The van der Waals surface area contributed by atoms with Gasteiger partial charge in [0.05, 0.1) is 6.61 Å². The fraction of sp³-hybridized carbons (Fsp3) is 0.957. The van der Waals surface area contributed by atoms with Crippen LogP contribution in [0.1, 0.15) is 116 Å². The Kier molecular flexibility index (Phi) is 15.8. The highest BCUT2D eigenvalue weighted by Crippen LogP contribution is 2.21. The molecule has 0 unspecified atom stereocenters. The van der Waals surface area contributed by atoms with Gasteiger partial charge in [-0.3, -0.25) is 4.79 Å². The summed E-state index contributed by atoms with van der Waals surface area (Å²) in [7, 11) is 0. The molecular weight excluding hydrogens is 336 g/mol. The van der Waals surface area contributed by atoms with Crippen LogP contribution >= 0.6 is 0 Å². The van der Waals surface area contributed by atoms with Gasteiger partial charge in [0, 0.05) is 19.5 Å². The number of hydrogen-bond acceptors (Lipinski definition) is 3. The Morgan fingerprint density at radius 2 is 1.33 bits per heavy atom. The van der Waals surface area contributed by atoms with E-state index in [1.807, 2.05) is 0 Å². The Morgan fingerprint density at radius 3 is 1.81 bits per heavy atom. The zero-order chi connectivity index (χ0) is 19.6. The first kappa shape index (κ1) is 24.4. The van der Waals surface area contributed by atoms with Crippen molar-refractivity contribution in [2.45, 2.75) is 116 Å². The Labute approximate surface area is 168 Å². The monoisotopic (exact) mass is 382 g/mol. The Hall–Kier alpha value is -0.610. The predicted octanol–water partition coefficient (Wildman–Crippen LogP) is 5.99. The molecule has 4 heteroatoms. The van der Waals surface area contributed by atoms with Crippen LogP contribution in [-0.4, -0.2) is 30.5 Å². The minimum atomic E-state index is 0.367. The van der Waals surface area contributed by atoms with E-state index in [0.717, 1.165) is 45.2 Å². The van der Waals surface area contributed by atoms with Crippen LogP contribution in [-0.2, 0) is 9.63 Å². The van der Waals surface area contributed by atoms with E-state index in [9.17, 15) is 4.79 Å². The quantitative estimate of drug-likeness (QED) is 0.248. The molecule has 2 N–H and O–H groups in total. The molecule has 0 aromatic heterocycles. The topological polar surface area (TPSA) is 55.6 Å². The van der Waals surface area contributed by atoms with Gasteiger partial charge in [-0.15, -0.1) is 0 Å². The third-order valence-electron chi connectivity index (χ3n) is 6.11. The van der Waals surface area contributed by atoms with Crippen LogP contribution in [0.2, 0.25) is 0 Å². The molecule has 1 saturated heterocycles. The summed E-state index contributed by atoms with van der Waals surface area (Å²) in [6.07, 6.45) is 21.6. The molecule has 0 aromatic carbocycles. The molecule has 160 valence electrons. The lowest BCUT2D eigenvalue weighted by atomic mass is 9.93. The number of nitrogens with two attached hydrogens (primary N) is 1. The second-order valence-corrected chi connectivity index (χ2v) is 8.48. The standard InChI is InChI=1S/C23H46N2O2/c1-2-3-4-5-6-7-8-9-10-11-12-13-14-15-23(26)25-19-16-22(17-20-25)18-21-27-24/h22H,2-21,24H2,1H3. The second kappa shape index (κ2) is 17.5. The van der Waals surface area contributed by atoms with Gasteiger partial charge >= 0.3 is 0 Å². The number of amides is 1. The van der Waals surface area contributed by atoms with E-state index in [4.69, 9.17) is 5.90 Å². The molecule has 27 heavy (non-hydrogen) atoms. The lowest BCUT2D eigenvalue weighted by molar-refractivity contribution is -0.132. The number of nitrogens with zero attached hydrogens (tertiary/aromatic N) is 1. The predicted molar refractivity (Wildman–Crippen MR) is 114 cm³/mol. The highest BCUT2D eigenvalue weighted by Gasteiger charge is 2.22. The number of unbranched alkanes of at least 4 members (excludes halogenated alkanes) is 12. The summed E-state index contributed by atoms with van der Waals surface area (Å²) < 4.78 is 0. The van der Waals surface area contributed by atoms with Gasteiger partial charge in [0.25, 0.3) is 0 Å². The molecule has 1 aliphatic rings. The molecule has 1 rings (SSSR count). The smallest absolute Gasteiger partial charge is 0.222 e. The van der Waals surface area contributed by atoms with E-state index in [0.29, 0.717) is 18.4 Å². The lowest BCUT2D eigenvalue weighted by Crippen LogP contribution is -2.38. The van der Waals surface area contributed by atoms with Gasteiger partial charge in [-0.2, -0.15) is 0 Å². The molecule has 0 aromatic rings. The van der Waals surface area contributed by atoms with Crippen molar-refractivity contribution in [1.29, 1.82) is 0 Å². The Balaban J connectivity index is 1.85. The van der Waals surface area contributed by atoms with Crippen molar-refractivity contribution in [3.63, 3.8) is 0 Å². The number of carbonyl (C=O) groups excluding carboxylic acids is 1.